The molecule has 0 aliphatic heterocycles. The molecule has 138 valence electrons. The van der Waals surface area contributed by atoms with Crippen molar-refractivity contribution in [2.75, 3.05) is 26.1 Å². The highest BCUT2D eigenvalue weighted by Crippen LogP contribution is 2.27. The van der Waals surface area contributed by atoms with E-state index in [4.69, 9.17) is 25.8 Å². The number of ether oxygens (including phenoxy) is 3. The van der Waals surface area contributed by atoms with Crippen LogP contribution in [-0.4, -0.2) is 32.7 Å². The van der Waals surface area contributed by atoms with Gasteiger partial charge in [0.2, 0.25) is 0 Å². The molecule has 0 fully saturated rings. The summed E-state index contributed by atoms with van der Waals surface area (Å²) in [6, 6.07) is 12.3. The van der Waals surface area contributed by atoms with Crippen molar-refractivity contribution in [1.29, 1.82) is 0 Å². The van der Waals surface area contributed by atoms with Crippen molar-refractivity contribution in [1.82, 2.24) is 0 Å². The minimum Gasteiger partial charge on any atom is -0.496 e. The summed E-state index contributed by atoms with van der Waals surface area (Å²) in [5.41, 5.74) is 1.40. The molecule has 0 aliphatic carbocycles. The second kappa shape index (κ2) is 9.68. The number of carbonyl (C=O) groups excluding carboxylic acids is 2. The average molecular weight is 378 g/mol. The fourth-order valence-corrected chi connectivity index (χ4v) is 2.56. The minimum atomic E-state index is -0.459. The second-order valence-corrected chi connectivity index (χ2v) is 5.78. The Morgan fingerprint density at radius 3 is 2.46 bits per heavy atom. The number of aryl methyl sites for hydroxylation is 1. The molecule has 0 unspecified atom stereocenters. The van der Waals surface area contributed by atoms with Gasteiger partial charge < -0.3 is 19.5 Å². The van der Waals surface area contributed by atoms with Crippen molar-refractivity contribution >= 4 is 29.2 Å². The predicted octanol–water partition coefficient (Wildman–Crippen LogP) is 3.47. The molecule has 1 amide bonds. The first-order chi connectivity index (χ1) is 12.5. The minimum absolute atomic E-state index is 0.155. The fourth-order valence-electron chi connectivity index (χ4n) is 2.31. The molecular formula is C19H20ClNO5. The molecular weight excluding hydrogens is 358 g/mol. The van der Waals surface area contributed by atoms with Crippen LogP contribution in [0.25, 0.3) is 0 Å². The maximum absolute atomic E-state index is 11.9. The molecule has 0 spiro atoms. The maximum atomic E-state index is 11.9. The van der Waals surface area contributed by atoms with Gasteiger partial charge in [0.05, 0.1) is 19.2 Å². The van der Waals surface area contributed by atoms with Crippen LogP contribution in [0.1, 0.15) is 12.0 Å². The Labute approximate surface area is 157 Å². The van der Waals surface area contributed by atoms with Gasteiger partial charge in [0, 0.05) is 12.1 Å². The van der Waals surface area contributed by atoms with Gasteiger partial charge in [-0.25, -0.2) is 0 Å². The Bertz CT molecular complexity index is 778. The molecule has 0 bridgehead atoms. The standard InChI is InChI=1S/C19H20ClNO5/c1-24-16-6-4-3-5-13(16)7-10-19(23)26-12-18(22)21-14-8-9-17(25-2)15(20)11-14/h3-6,8-9,11H,7,10,12H2,1-2H3,(H,21,22). The van der Waals surface area contributed by atoms with E-state index in [1.54, 1.807) is 25.3 Å². The number of benzene rings is 2. The lowest BCUT2D eigenvalue weighted by atomic mass is 10.1. The van der Waals surface area contributed by atoms with Crippen LogP contribution in [0, 0.1) is 0 Å². The summed E-state index contributed by atoms with van der Waals surface area (Å²) in [4.78, 5) is 23.7. The zero-order valence-electron chi connectivity index (χ0n) is 14.6. The third-order valence-corrected chi connectivity index (χ3v) is 3.89. The lowest BCUT2D eigenvalue weighted by molar-refractivity contribution is -0.147. The molecule has 2 rings (SSSR count). The average Bonchev–Trinajstić information content (AvgIpc) is 2.65. The highest BCUT2D eigenvalue weighted by Gasteiger charge is 2.11. The van der Waals surface area contributed by atoms with Gasteiger partial charge in [-0.1, -0.05) is 29.8 Å². The van der Waals surface area contributed by atoms with Gasteiger partial charge in [-0.2, -0.15) is 0 Å². The molecule has 26 heavy (non-hydrogen) atoms. The Hall–Kier alpha value is -2.73. The quantitative estimate of drug-likeness (QED) is 0.713. The Morgan fingerprint density at radius 2 is 1.77 bits per heavy atom. The molecule has 6 nitrogen and oxygen atoms in total. The van der Waals surface area contributed by atoms with Gasteiger partial charge in [0.25, 0.3) is 5.91 Å². The second-order valence-electron chi connectivity index (χ2n) is 5.37. The molecule has 0 saturated carbocycles. The van der Waals surface area contributed by atoms with Crippen LogP contribution in [0.4, 0.5) is 5.69 Å². The van der Waals surface area contributed by atoms with E-state index >= 15 is 0 Å². The molecule has 0 heterocycles. The Balaban J connectivity index is 1.78. The van der Waals surface area contributed by atoms with Gasteiger partial charge in [-0.3, -0.25) is 9.59 Å². The number of halogens is 1. The van der Waals surface area contributed by atoms with Gasteiger partial charge in [-0.05, 0) is 36.2 Å². The summed E-state index contributed by atoms with van der Waals surface area (Å²) in [6.07, 6.45) is 0.626. The number of rotatable bonds is 8. The van der Waals surface area contributed by atoms with Crippen molar-refractivity contribution < 1.29 is 23.8 Å². The number of esters is 1. The van der Waals surface area contributed by atoms with Crippen LogP contribution in [0.15, 0.2) is 42.5 Å². The van der Waals surface area contributed by atoms with Crippen LogP contribution >= 0.6 is 11.6 Å². The number of anilines is 1. The van der Waals surface area contributed by atoms with Crippen LogP contribution < -0.4 is 14.8 Å². The summed E-state index contributed by atoms with van der Waals surface area (Å²) in [5, 5.41) is 2.98. The van der Waals surface area contributed by atoms with Crippen molar-refractivity contribution in [3.05, 3.63) is 53.1 Å². The number of para-hydroxylation sites is 1. The fraction of sp³-hybridized carbons (Fsp3) is 0.263. The molecule has 1 N–H and O–H groups in total. The zero-order valence-corrected chi connectivity index (χ0v) is 15.3. The zero-order chi connectivity index (χ0) is 18.9. The SMILES string of the molecule is COc1ccc(NC(=O)COC(=O)CCc2ccccc2OC)cc1Cl. The number of amides is 1. The summed E-state index contributed by atoms with van der Waals surface area (Å²) in [6.45, 7) is -0.367. The molecule has 2 aromatic rings. The third-order valence-electron chi connectivity index (χ3n) is 3.59. The lowest BCUT2D eigenvalue weighted by Crippen LogP contribution is -2.21. The van der Waals surface area contributed by atoms with Gasteiger partial charge >= 0.3 is 5.97 Å². The highest BCUT2D eigenvalue weighted by atomic mass is 35.5. The Kier molecular flexibility index (Phi) is 7.29. The normalized spacial score (nSPS) is 10.1. The van der Waals surface area contributed by atoms with E-state index < -0.39 is 11.9 Å². The number of hydrogen-bond donors (Lipinski definition) is 1. The van der Waals surface area contributed by atoms with Gasteiger partial charge in [0.1, 0.15) is 11.5 Å². The molecule has 0 aromatic heterocycles. The van der Waals surface area contributed by atoms with Crippen molar-refractivity contribution in [3.8, 4) is 11.5 Å². The van der Waals surface area contributed by atoms with E-state index in [1.807, 2.05) is 24.3 Å². The number of nitrogens with one attached hydrogen (secondary N) is 1. The lowest BCUT2D eigenvalue weighted by Gasteiger charge is -2.09. The van der Waals surface area contributed by atoms with E-state index in [9.17, 15) is 9.59 Å². The maximum Gasteiger partial charge on any atom is 0.306 e. The largest absolute Gasteiger partial charge is 0.496 e. The van der Waals surface area contributed by atoms with E-state index in [2.05, 4.69) is 5.32 Å². The summed E-state index contributed by atoms with van der Waals surface area (Å²) >= 11 is 5.99. The first-order valence-electron chi connectivity index (χ1n) is 7.94. The van der Waals surface area contributed by atoms with Crippen molar-refractivity contribution in [2.45, 2.75) is 12.8 Å². The number of methoxy groups -OCH3 is 2. The highest BCUT2D eigenvalue weighted by molar-refractivity contribution is 6.32. The molecule has 0 atom stereocenters. The van der Waals surface area contributed by atoms with Crippen molar-refractivity contribution in [3.63, 3.8) is 0 Å². The summed E-state index contributed by atoms with van der Waals surface area (Å²) in [5.74, 6) is 0.317. The smallest absolute Gasteiger partial charge is 0.306 e. The molecule has 0 radical (unpaired) electrons. The molecule has 7 heteroatoms. The van der Waals surface area contributed by atoms with Crippen LogP contribution in [0.5, 0.6) is 11.5 Å². The van der Waals surface area contributed by atoms with Gasteiger partial charge in [0.15, 0.2) is 6.61 Å². The Morgan fingerprint density at radius 1 is 1.04 bits per heavy atom. The first kappa shape index (κ1) is 19.6. The van der Waals surface area contributed by atoms with E-state index in [-0.39, 0.29) is 13.0 Å². The summed E-state index contributed by atoms with van der Waals surface area (Å²) < 4.78 is 15.3. The van der Waals surface area contributed by atoms with Crippen LogP contribution in [0.2, 0.25) is 5.02 Å². The monoisotopic (exact) mass is 377 g/mol. The van der Waals surface area contributed by atoms with Crippen LogP contribution in [0.3, 0.4) is 0 Å². The first-order valence-corrected chi connectivity index (χ1v) is 8.32. The van der Waals surface area contributed by atoms with Gasteiger partial charge in [-0.15, -0.1) is 0 Å². The molecule has 2 aromatic carbocycles. The van der Waals surface area contributed by atoms with E-state index in [1.165, 1.54) is 7.11 Å². The summed E-state index contributed by atoms with van der Waals surface area (Å²) in [7, 11) is 3.08. The van der Waals surface area contributed by atoms with Crippen LogP contribution in [-0.2, 0) is 20.7 Å². The number of carbonyl (C=O) groups is 2. The number of hydrogen-bond acceptors (Lipinski definition) is 5. The van der Waals surface area contributed by atoms with E-state index in [0.29, 0.717) is 22.9 Å². The molecule has 0 aliphatic rings. The van der Waals surface area contributed by atoms with E-state index in [0.717, 1.165) is 11.3 Å². The topological polar surface area (TPSA) is 73.9 Å². The molecule has 0 saturated heterocycles. The predicted molar refractivity (Wildman–Crippen MR) is 98.9 cm³/mol. The van der Waals surface area contributed by atoms with Crippen molar-refractivity contribution in [2.24, 2.45) is 0 Å². The third kappa shape index (κ3) is 5.67.